The molecule has 0 saturated heterocycles. The molecule has 21 heavy (non-hydrogen) atoms. The lowest BCUT2D eigenvalue weighted by Crippen LogP contribution is -2.41. The van der Waals surface area contributed by atoms with Crippen molar-refractivity contribution in [1.29, 1.82) is 0 Å². The number of aliphatic carboxylic acids is 1. The van der Waals surface area contributed by atoms with E-state index in [1.807, 2.05) is 37.3 Å². The largest absolute Gasteiger partial charge is 0.478 e. The van der Waals surface area contributed by atoms with Crippen molar-refractivity contribution in [2.45, 2.75) is 19.4 Å². The Morgan fingerprint density at radius 3 is 2.48 bits per heavy atom. The molecule has 6 nitrogen and oxygen atoms in total. The van der Waals surface area contributed by atoms with Crippen LogP contribution in [-0.2, 0) is 4.79 Å². The van der Waals surface area contributed by atoms with E-state index in [0.717, 1.165) is 5.56 Å². The van der Waals surface area contributed by atoms with E-state index in [4.69, 9.17) is 5.11 Å². The number of rotatable bonds is 4. The molecule has 6 heteroatoms. The minimum Gasteiger partial charge on any atom is -0.478 e. The number of benzene rings is 1. The lowest BCUT2D eigenvalue weighted by molar-refractivity contribution is -0.133. The Kier molecular flexibility index (Phi) is 4.47. The highest BCUT2D eigenvalue weighted by Crippen LogP contribution is 2.20. The molecule has 2 rings (SSSR count). The molecule has 1 atom stereocenters. The molecule has 0 radical (unpaired) electrons. The topological polar surface area (TPSA) is 89.9 Å². The zero-order valence-corrected chi connectivity index (χ0v) is 11.7. The van der Waals surface area contributed by atoms with E-state index in [0.29, 0.717) is 5.70 Å². The lowest BCUT2D eigenvalue weighted by Gasteiger charge is -2.30. The first-order chi connectivity index (χ1) is 9.99. The summed E-state index contributed by atoms with van der Waals surface area (Å²) in [6.07, 6.45) is -0.822. The van der Waals surface area contributed by atoms with Crippen LogP contribution in [0.3, 0.4) is 0 Å². The second-order valence-electron chi connectivity index (χ2n) is 4.99. The first kappa shape index (κ1) is 14.9. The molecule has 3 N–H and O–H groups in total. The molecule has 0 bridgehead atoms. The van der Waals surface area contributed by atoms with E-state index in [1.54, 1.807) is 0 Å². The van der Waals surface area contributed by atoms with Crippen molar-refractivity contribution in [3.63, 3.8) is 0 Å². The van der Waals surface area contributed by atoms with Crippen molar-refractivity contribution in [3.8, 4) is 0 Å². The van der Waals surface area contributed by atoms with Gasteiger partial charge in [0.05, 0.1) is 12.1 Å². The van der Waals surface area contributed by atoms with Crippen LogP contribution in [0.15, 0.2) is 41.6 Å². The van der Waals surface area contributed by atoms with Crippen molar-refractivity contribution >= 4 is 12.1 Å². The highest BCUT2D eigenvalue weighted by molar-refractivity contribution is 5.88. The summed E-state index contributed by atoms with van der Waals surface area (Å²) in [6, 6.07) is 9.51. The van der Waals surface area contributed by atoms with Crippen LogP contribution in [0.25, 0.3) is 0 Å². The zero-order chi connectivity index (χ0) is 15.4. The van der Waals surface area contributed by atoms with E-state index < -0.39 is 12.1 Å². The predicted molar refractivity (Wildman–Crippen MR) is 76.9 cm³/mol. The van der Waals surface area contributed by atoms with E-state index in [1.165, 1.54) is 4.90 Å². The molecule has 0 aliphatic carbocycles. The van der Waals surface area contributed by atoms with E-state index in [9.17, 15) is 14.7 Å². The highest BCUT2D eigenvalue weighted by atomic mass is 16.4. The maximum Gasteiger partial charge on any atom is 0.407 e. The number of carboxylic acid groups (broad SMARTS) is 2. The molecular weight excluding hydrogens is 272 g/mol. The quantitative estimate of drug-likeness (QED) is 0.789. The fourth-order valence-electron chi connectivity index (χ4n) is 2.38. The van der Waals surface area contributed by atoms with Crippen LogP contribution in [0.1, 0.15) is 24.9 Å². The molecule has 112 valence electrons. The normalized spacial score (nSPS) is 16.5. The highest BCUT2D eigenvalue weighted by Gasteiger charge is 2.26. The van der Waals surface area contributed by atoms with Crippen LogP contribution in [0.4, 0.5) is 4.79 Å². The van der Waals surface area contributed by atoms with Crippen LogP contribution in [0.2, 0.25) is 0 Å². The Morgan fingerprint density at radius 2 is 1.90 bits per heavy atom. The second-order valence-corrected chi connectivity index (χ2v) is 4.99. The van der Waals surface area contributed by atoms with Gasteiger partial charge in [-0.15, -0.1) is 0 Å². The smallest absolute Gasteiger partial charge is 0.407 e. The molecule has 1 amide bonds. The summed E-state index contributed by atoms with van der Waals surface area (Å²) < 4.78 is 0. The predicted octanol–water partition coefficient (Wildman–Crippen LogP) is 2.06. The number of carboxylic acids is 1. The molecule has 1 unspecified atom stereocenters. The van der Waals surface area contributed by atoms with Crippen molar-refractivity contribution < 1.29 is 19.8 Å². The summed E-state index contributed by atoms with van der Waals surface area (Å²) in [6.45, 7) is 2.21. The van der Waals surface area contributed by atoms with Gasteiger partial charge in [-0.1, -0.05) is 30.3 Å². The standard InChI is InChI=1S/C15H18N2O4/c1-10(11-5-3-2-4-6-11)16-13-9-17(15(20)21)8-7-12(13)14(18)19/h2-6,10,16H,7-9H2,1H3,(H,18,19)(H,20,21). The fraction of sp³-hybridized carbons (Fsp3) is 0.333. The molecule has 1 aromatic rings. The van der Waals surface area contributed by atoms with Crippen molar-refractivity contribution in [3.05, 3.63) is 47.2 Å². The van der Waals surface area contributed by atoms with Crippen molar-refractivity contribution in [1.82, 2.24) is 10.2 Å². The Hall–Kier alpha value is -2.50. The summed E-state index contributed by atoms with van der Waals surface area (Å²) in [5.74, 6) is -0.997. The molecule has 1 heterocycles. The number of amides is 1. The van der Waals surface area contributed by atoms with E-state index in [2.05, 4.69) is 5.32 Å². The maximum absolute atomic E-state index is 11.3. The summed E-state index contributed by atoms with van der Waals surface area (Å²) in [5, 5.41) is 21.5. The van der Waals surface area contributed by atoms with Gasteiger partial charge in [0.2, 0.25) is 0 Å². The molecule has 1 aliphatic rings. The summed E-state index contributed by atoms with van der Waals surface area (Å²) >= 11 is 0. The van der Waals surface area contributed by atoms with Gasteiger partial charge in [-0.3, -0.25) is 0 Å². The third-order valence-corrected chi connectivity index (χ3v) is 3.56. The third kappa shape index (κ3) is 3.53. The van der Waals surface area contributed by atoms with Gasteiger partial charge in [0, 0.05) is 18.3 Å². The minimum atomic E-state index is -1.04. The Balaban J connectivity index is 2.20. The molecule has 0 saturated carbocycles. The summed E-state index contributed by atoms with van der Waals surface area (Å²) in [5.41, 5.74) is 1.74. The Morgan fingerprint density at radius 1 is 1.24 bits per heavy atom. The third-order valence-electron chi connectivity index (χ3n) is 3.56. The van der Waals surface area contributed by atoms with Gasteiger partial charge in [-0.25, -0.2) is 9.59 Å². The number of nitrogens with one attached hydrogen (secondary N) is 1. The van der Waals surface area contributed by atoms with Crippen molar-refractivity contribution in [2.24, 2.45) is 0 Å². The number of hydrogen-bond donors (Lipinski definition) is 3. The zero-order valence-electron chi connectivity index (χ0n) is 11.7. The molecule has 0 aromatic heterocycles. The molecule has 0 spiro atoms. The van der Waals surface area contributed by atoms with Crippen LogP contribution < -0.4 is 5.32 Å². The Labute approximate surface area is 122 Å². The van der Waals surface area contributed by atoms with Gasteiger partial charge in [0.25, 0.3) is 0 Å². The lowest BCUT2D eigenvalue weighted by atomic mass is 10.0. The molecular formula is C15H18N2O4. The number of hydrogen-bond acceptors (Lipinski definition) is 3. The summed E-state index contributed by atoms with van der Waals surface area (Å²) in [4.78, 5) is 23.6. The molecule has 1 aliphatic heterocycles. The maximum atomic E-state index is 11.3. The van der Waals surface area contributed by atoms with Gasteiger partial charge in [-0.2, -0.15) is 0 Å². The van der Waals surface area contributed by atoms with Crippen LogP contribution in [0.5, 0.6) is 0 Å². The average molecular weight is 290 g/mol. The fourth-order valence-corrected chi connectivity index (χ4v) is 2.38. The first-order valence-electron chi connectivity index (χ1n) is 6.73. The van der Waals surface area contributed by atoms with E-state index in [-0.39, 0.29) is 31.1 Å². The monoisotopic (exact) mass is 290 g/mol. The SMILES string of the molecule is CC(NC1=C(C(=O)O)CCN(C(=O)O)C1)c1ccccc1. The summed E-state index contributed by atoms with van der Waals surface area (Å²) in [7, 11) is 0. The Bertz CT molecular complexity index is 568. The van der Waals surface area contributed by atoms with E-state index >= 15 is 0 Å². The average Bonchev–Trinajstić information content (AvgIpc) is 2.47. The van der Waals surface area contributed by atoms with Gasteiger partial charge in [-0.05, 0) is 18.9 Å². The number of nitrogens with zero attached hydrogens (tertiary/aromatic N) is 1. The van der Waals surface area contributed by atoms with Crippen molar-refractivity contribution in [2.75, 3.05) is 13.1 Å². The van der Waals surface area contributed by atoms with Gasteiger partial charge in [0.1, 0.15) is 0 Å². The minimum absolute atomic E-state index is 0.0775. The van der Waals surface area contributed by atoms with Crippen LogP contribution in [0, 0.1) is 0 Å². The number of carbonyl (C=O) groups is 2. The van der Waals surface area contributed by atoms with Gasteiger partial charge >= 0.3 is 12.1 Å². The second kappa shape index (κ2) is 6.30. The first-order valence-corrected chi connectivity index (χ1v) is 6.73. The van der Waals surface area contributed by atoms with Gasteiger partial charge in [0.15, 0.2) is 0 Å². The van der Waals surface area contributed by atoms with Gasteiger partial charge < -0.3 is 20.4 Å². The van der Waals surface area contributed by atoms with Crippen LogP contribution in [-0.4, -0.2) is 40.3 Å². The van der Waals surface area contributed by atoms with Crippen LogP contribution >= 0.6 is 0 Å². The molecule has 0 fully saturated rings. The molecule has 1 aromatic carbocycles.